The lowest BCUT2D eigenvalue weighted by Crippen LogP contribution is -2.35. The van der Waals surface area contributed by atoms with E-state index < -0.39 is 0 Å². The zero-order valence-corrected chi connectivity index (χ0v) is 13.9. The van der Waals surface area contributed by atoms with E-state index in [1.54, 1.807) is 4.88 Å². The molecule has 0 amide bonds. The van der Waals surface area contributed by atoms with Gasteiger partial charge in [-0.1, -0.05) is 0 Å². The standard InChI is InChI=1S/C17H22N4S/c1-12-9-18-17(19-10-12)21-8-4-5-13(11-21)16-20-14-6-2-3-7-15(14)22-16/h9-10,13H,2-8,11H2,1H3. The highest BCUT2D eigenvalue weighted by Gasteiger charge is 2.27. The van der Waals surface area contributed by atoms with Crippen molar-refractivity contribution in [2.24, 2.45) is 0 Å². The molecule has 4 rings (SSSR count). The maximum Gasteiger partial charge on any atom is 0.225 e. The molecule has 4 nitrogen and oxygen atoms in total. The minimum Gasteiger partial charge on any atom is -0.340 e. The Bertz CT molecular complexity index is 626. The van der Waals surface area contributed by atoms with E-state index in [4.69, 9.17) is 4.98 Å². The first kappa shape index (κ1) is 14.1. The number of nitrogens with zero attached hydrogens (tertiary/aromatic N) is 4. The molecule has 1 unspecified atom stereocenters. The molecule has 0 spiro atoms. The van der Waals surface area contributed by atoms with E-state index in [1.807, 2.05) is 30.7 Å². The lowest BCUT2D eigenvalue weighted by molar-refractivity contribution is 0.500. The largest absolute Gasteiger partial charge is 0.340 e. The molecule has 0 N–H and O–H groups in total. The highest BCUT2D eigenvalue weighted by atomic mass is 32.1. The summed E-state index contributed by atoms with van der Waals surface area (Å²) in [6.45, 7) is 4.10. The molecule has 1 fully saturated rings. The van der Waals surface area contributed by atoms with Gasteiger partial charge in [0, 0.05) is 36.3 Å². The van der Waals surface area contributed by atoms with Crippen molar-refractivity contribution in [2.75, 3.05) is 18.0 Å². The smallest absolute Gasteiger partial charge is 0.225 e. The van der Waals surface area contributed by atoms with Crippen molar-refractivity contribution < 1.29 is 0 Å². The van der Waals surface area contributed by atoms with Crippen LogP contribution in [0.4, 0.5) is 5.95 Å². The van der Waals surface area contributed by atoms with Gasteiger partial charge in [0.1, 0.15) is 0 Å². The van der Waals surface area contributed by atoms with Crippen LogP contribution in [0.2, 0.25) is 0 Å². The second-order valence-electron chi connectivity index (χ2n) is 6.47. The van der Waals surface area contributed by atoms with Crippen LogP contribution in [0, 0.1) is 6.92 Å². The third-order valence-corrected chi connectivity index (χ3v) is 6.00. The number of aromatic nitrogens is 3. The molecular weight excluding hydrogens is 292 g/mol. The molecule has 116 valence electrons. The van der Waals surface area contributed by atoms with Gasteiger partial charge in [0.25, 0.3) is 0 Å². The molecule has 2 aliphatic rings. The van der Waals surface area contributed by atoms with Crippen LogP contribution >= 0.6 is 11.3 Å². The van der Waals surface area contributed by atoms with Gasteiger partial charge in [-0.3, -0.25) is 0 Å². The van der Waals surface area contributed by atoms with Gasteiger partial charge in [0.05, 0.1) is 10.7 Å². The molecule has 2 aromatic heterocycles. The predicted octanol–water partition coefficient (Wildman–Crippen LogP) is 3.50. The second kappa shape index (κ2) is 5.95. The number of hydrogen-bond donors (Lipinski definition) is 0. The zero-order valence-electron chi connectivity index (χ0n) is 13.1. The molecule has 3 heterocycles. The minimum atomic E-state index is 0.550. The molecule has 0 radical (unpaired) electrons. The number of hydrogen-bond acceptors (Lipinski definition) is 5. The molecular formula is C17H22N4S. The highest BCUT2D eigenvalue weighted by Crippen LogP contribution is 2.35. The van der Waals surface area contributed by atoms with E-state index >= 15 is 0 Å². The zero-order chi connectivity index (χ0) is 14.9. The van der Waals surface area contributed by atoms with Crippen LogP contribution in [0.1, 0.15) is 52.7 Å². The summed E-state index contributed by atoms with van der Waals surface area (Å²) in [4.78, 5) is 17.8. The summed E-state index contributed by atoms with van der Waals surface area (Å²) >= 11 is 1.96. The van der Waals surface area contributed by atoms with Crippen LogP contribution in [-0.2, 0) is 12.8 Å². The van der Waals surface area contributed by atoms with E-state index in [2.05, 4.69) is 14.9 Å². The normalized spacial score (nSPS) is 21.7. The van der Waals surface area contributed by atoms with Crippen molar-refractivity contribution in [1.29, 1.82) is 0 Å². The van der Waals surface area contributed by atoms with Gasteiger partial charge >= 0.3 is 0 Å². The van der Waals surface area contributed by atoms with Crippen LogP contribution < -0.4 is 4.90 Å². The van der Waals surface area contributed by atoms with Gasteiger partial charge in [0.2, 0.25) is 5.95 Å². The number of anilines is 1. The molecule has 1 aliphatic carbocycles. The Labute approximate surface area is 135 Å². The van der Waals surface area contributed by atoms with E-state index in [-0.39, 0.29) is 0 Å². The van der Waals surface area contributed by atoms with Gasteiger partial charge in [-0.15, -0.1) is 11.3 Å². The molecule has 2 aromatic rings. The summed E-state index contributed by atoms with van der Waals surface area (Å²) in [6.07, 6.45) is 11.3. The van der Waals surface area contributed by atoms with Crippen molar-refractivity contribution in [2.45, 2.75) is 51.4 Å². The van der Waals surface area contributed by atoms with Gasteiger partial charge in [0.15, 0.2) is 0 Å². The maximum atomic E-state index is 4.97. The van der Waals surface area contributed by atoms with Gasteiger partial charge in [-0.05, 0) is 51.0 Å². The molecule has 0 saturated carbocycles. The summed E-state index contributed by atoms with van der Waals surface area (Å²) < 4.78 is 0. The van der Waals surface area contributed by atoms with E-state index in [0.29, 0.717) is 5.92 Å². The Morgan fingerprint density at radius 3 is 2.77 bits per heavy atom. The van der Waals surface area contributed by atoms with Gasteiger partial charge in [-0.2, -0.15) is 0 Å². The molecule has 0 aromatic carbocycles. The fourth-order valence-electron chi connectivity index (χ4n) is 3.46. The number of thiazole rings is 1. The maximum absolute atomic E-state index is 4.97. The summed E-state index contributed by atoms with van der Waals surface area (Å²) in [5.74, 6) is 1.42. The van der Waals surface area contributed by atoms with E-state index in [0.717, 1.165) is 24.6 Å². The molecule has 0 bridgehead atoms. The van der Waals surface area contributed by atoms with Crippen LogP contribution in [0.15, 0.2) is 12.4 Å². The number of piperidine rings is 1. The summed E-state index contributed by atoms with van der Waals surface area (Å²) in [6, 6.07) is 0. The summed E-state index contributed by atoms with van der Waals surface area (Å²) in [5, 5.41) is 1.35. The molecule has 5 heteroatoms. The van der Waals surface area contributed by atoms with Crippen molar-refractivity contribution >= 4 is 17.3 Å². The SMILES string of the molecule is Cc1cnc(N2CCCC(c3nc4c(s3)CCCC4)C2)nc1. The fourth-order valence-corrected chi connectivity index (χ4v) is 4.74. The summed E-state index contributed by atoms with van der Waals surface area (Å²) in [7, 11) is 0. The fraction of sp³-hybridized carbons (Fsp3) is 0.588. The van der Waals surface area contributed by atoms with Crippen LogP contribution in [-0.4, -0.2) is 28.0 Å². The Morgan fingerprint density at radius 2 is 1.95 bits per heavy atom. The molecule has 1 saturated heterocycles. The first-order valence-electron chi connectivity index (χ1n) is 8.31. The lowest BCUT2D eigenvalue weighted by atomic mass is 9.98. The van der Waals surface area contributed by atoms with Crippen molar-refractivity contribution in [3.63, 3.8) is 0 Å². The first-order valence-corrected chi connectivity index (χ1v) is 9.13. The third kappa shape index (κ3) is 2.74. The number of rotatable bonds is 2. The Morgan fingerprint density at radius 1 is 1.14 bits per heavy atom. The number of aryl methyl sites for hydroxylation is 3. The van der Waals surface area contributed by atoms with Crippen LogP contribution in [0.25, 0.3) is 0 Å². The van der Waals surface area contributed by atoms with E-state index in [9.17, 15) is 0 Å². The Hall–Kier alpha value is -1.49. The monoisotopic (exact) mass is 314 g/mol. The second-order valence-corrected chi connectivity index (χ2v) is 7.59. The average Bonchev–Trinajstić information content (AvgIpc) is 3.00. The van der Waals surface area contributed by atoms with Crippen molar-refractivity contribution in [3.05, 3.63) is 33.5 Å². The molecule has 1 atom stereocenters. The number of fused-ring (bicyclic) bond motifs is 1. The average molecular weight is 314 g/mol. The summed E-state index contributed by atoms with van der Waals surface area (Å²) in [5.41, 5.74) is 2.50. The minimum absolute atomic E-state index is 0.550. The van der Waals surface area contributed by atoms with Gasteiger partial charge < -0.3 is 4.90 Å². The predicted molar refractivity (Wildman–Crippen MR) is 89.7 cm³/mol. The Balaban J connectivity index is 1.53. The Kier molecular flexibility index (Phi) is 3.82. The highest BCUT2D eigenvalue weighted by molar-refractivity contribution is 7.11. The first-order chi connectivity index (χ1) is 10.8. The lowest BCUT2D eigenvalue weighted by Gasteiger charge is -2.31. The van der Waals surface area contributed by atoms with E-state index in [1.165, 1.54) is 49.2 Å². The van der Waals surface area contributed by atoms with Crippen LogP contribution in [0.3, 0.4) is 0 Å². The third-order valence-electron chi connectivity index (χ3n) is 4.68. The topological polar surface area (TPSA) is 41.9 Å². The van der Waals surface area contributed by atoms with Crippen molar-refractivity contribution in [3.8, 4) is 0 Å². The van der Waals surface area contributed by atoms with Crippen molar-refractivity contribution in [1.82, 2.24) is 15.0 Å². The quantitative estimate of drug-likeness (QED) is 0.851. The molecule has 1 aliphatic heterocycles. The molecule has 22 heavy (non-hydrogen) atoms. The van der Waals surface area contributed by atoms with Crippen LogP contribution in [0.5, 0.6) is 0 Å². The van der Waals surface area contributed by atoms with Gasteiger partial charge in [-0.25, -0.2) is 15.0 Å².